The lowest BCUT2D eigenvalue weighted by Gasteiger charge is -2.48. The first-order valence-electron chi connectivity index (χ1n) is 14.8. The van der Waals surface area contributed by atoms with E-state index >= 15 is 0 Å². The Morgan fingerprint density at radius 3 is 2.44 bits per heavy atom. The van der Waals surface area contributed by atoms with Crippen LogP contribution in [0.1, 0.15) is 41.5 Å². The van der Waals surface area contributed by atoms with Crippen LogP contribution in [0, 0.1) is 12.8 Å². The second-order valence-electron chi connectivity index (χ2n) is 11.6. The van der Waals surface area contributed by atoms with Gasteiger partial charge in [-0.05, 0) is 62.1 Å². The fourth-order valence-corrected chi connectivity index (χ4v) is 5.55. The summed E-state index contributed by atoms with van der Waals surface area (Å²) in [6, 6.07) is 16.8. The van der Waals surface area contributed by atoms with Crippen molar-refractivity contribution in [1.29, 1.82) is 0 Å². The molecule has 3 aromatic rings. The first-order valence-corrected chi connectivity index (χ1v) is 14.8. The lowest BCUT2D eigenvalue weighted by Crippen LogP contribution is -2.68. The van der Waals surface area contributed by atoms with Crippen LogP contribution in [0.4, 0.5) is 20.2 Å². The van der Waals surface area contributed by atoms with Gasteiger partial charge in [0.2, 0.25) is 5.91 Å². The first-order chi connectivity index (χ1) is 21.5. The van der Waals surface area contributed by atoms with Gasteiger partial charge in [0.05, 0.1) is 13.2 Å². The number of carbonyl (C=O) groups excluding carboxylic acids is 2. The monoisotopic (exact) mass is 622 g/mol. The Morgan fingerprint density at radius 1 is 1.07 bits per heavy atom. The van der Waals surface area contributed by atoms with Gasteiger partial charge < -0.3 is 29.3 Å². The molecule has 45 heavy (non-hydrogen) atoms. The number of aliphatic carboxylic acids is 1. The van der Waals surface area contributed by atoms with E-state index in [0.29, 0.717) is 36.1 Å². The summed E-state index contributed by atoms with van der Waals surface area (Å²) in [6.07, 6.45) is 1.83. The quantitative estimate of drug-likeness (QED) is 0.325. The van der Waals surface area contributed by atoms with Crippen molar-refractivity contribution in [2.24, 2.45) is 5.92 Å². The van der Waals surface area contributed by atoms with Crippen molar-refractivity contribution in [2.45, 2.75) is 45.3 Å². The van der Waals surface area contributed by atoms with E-state index in [0.717, 1.165) is 18.4 Å². The van der Waals surface area contributed by atoms with Crippen LogP contribution in [-0.4, -0.2) is 78.2 Å². The summed E-state index contributed by atoms with van der Waals surface area (Å²) in [5, 5.41) is 10.7. The third-order valence-electron chi connectivity index (χ3n) is 8.25. The molecular formula is C33H36F2N4O6. The van der Waals surface area contributed by atoms with Gasteiger partial charge in [-0.25, -0.2) is 9.78 Å². The van der Waals surface area contributed by atoms with Crippen LogP contribution < -0.4 is 19.3 Å². The minimum atomic E-state index is -3.04. The number of carboxylic acids is 1. The maximum atomic E-state index is 13.3. The number of piperazine rings is 1. The molecule has 1 saturated heterocycles. The molecule has 1 aliphatic carbocycles. The van der Waals surface area contributed by atoms with Gasteiger partial charge in [-0.1, -0.05) is 23.8 Å². The van der Waals surface area contributed by atoms with Crippen molar-refractivity contribution >= 4 is 29.2 Å². The summed E-state index contributed by atoms with van der Waals surface area (Å²) in [7, 11) is 1.64. The maximum Gasteiger partial charge on any atom is 0.387 e. The number of amides is 2. The molecule has 1 atom stereocenters. The molecule has 2 aliphatic rings. The Hall–Kier alpha value is -4.74. The van der Waals surface area contributed by atoms with E-state index in [1.165, 1.54) is 22.8 Å². The molecule has 2 amide bonds. The smallest absolute Gasteiger partial charge is 0.387 e. The van der Waals surface area contributed by atoms with Gasteiger partial charge in [0.25, 0.3) is 5.91 Å². The van der Waals surface area contributed by atoms with Gasteiger partial charge in [0.15, 0.2) is 17.0 Å². The average molecular weight is 623 g/mol. The van der Waals surface area contributed by atoms with Gasteiger partial charge in [0.1, 0.15) is 5.69 Å². The SMILES string of the molecule is CC(=O)N1CCN(c2ccc(OC(F)F)c(OCC3CC3)c2)CC1(Cc1cccc(C(=O)N(C)c2ccc(C)cc2)n1)C(=O)O. The van der Waals surface area contributed by atoms with Gasteiger partial charge in [0, 0.05) is 56.6 Å². The van der Waals surface area contributed by atoms with Crippen molar-refractivity contribution < 1.29 is 37.7 Å². The first kappa shape index (κ1) is 31.7. The molecule has 0 bridgehead atoms. The number of anilines is 2. The molecule has 1 N–H and O–H groups in total. The second kappa shape index (κ2) is 13.1. The molecule has 2 aromatic carbocycles. The molecule has 10 nitrogen and oxygen atoms in total. The topological polar surface area (TPSA) is 113 Å². The Morgan fingerprint density at radius 2 is 1.80 bits per heavy atom. The van der Waals surface area contributed by atoms with Gasteiger partial charge in [-0.15, -0.1) is 0 Å². The van der Waals surface area contributed by atoms with Crippen molar-refractivity contribution in [2.75, 3.05) is 43.1 Å². The van der Waals surface area contributed by atoms with Crippen molar-refractivity contribution in [3.05, 3.63) is 77.6 Å². The largest absolute Gasteiger partial charge is 0.489 e. The third kappa shape index (κ3) is 7.16. The Labute approximate surface area is 260 Å². The number of hydrogen-bond donors (Lipinski definition) is 1. The zero-order chi connectivity index (χ0) is 32.3. The van der Waals surface area contributed by atoms with Crippen LogP contribution in [-0.2, 0) is 16.0 Å². The molecule has 12 heteroatoms. The Balaban J connectivity index is 1.43. The number of carbonyl (C=O) groups is 3. The summed E-state index contributed by atoms with van der Waals surface area (Å²) in [4.78, 5) is 48.3. The van der Waals surface area contributed by atoms with E-state index in [1.54, 1.807) is 42.3 Å². The van der Waals surface area contributed by atoms with Crippen molar-refractivity contribution in [1.82, 2.24) is 9.88 Å². The van der Waals surface area contributed by atoms with Gasteiger partial charge >= 0.3 is 12.6 Å². The zero-order valence-electron chi connectivity index (χ0n) is 25.4. The number of aryl methyl sites for hydroxylation is 1. The fraction of sp³-hybridized carbons (Fsp3) is 0.394. The maximum absolute atomic E-state index is 13.3. The number of halogens is 2. The molecule has 1 aliphatic heterocycles. The third-order valence-corrected chi connectivity index (χ3v) is 8.25. The Kier molecular flexibility index (Phi) is 9.21. The number of ether oxygens (including phenoxy) is 2. The highest BCUT2D eigenvalue weighted by Crippen LogP contribution is 2.38. The average Bonchev–Trinajstić information content (AvgIpc) is 3.84. The molecule has 1 saturated carbocycles. The molecule has 5 rings (SSSR count). The minimum Gasteiger partial charge on any atom is -0.489 e. The van der Waals surface area contributed by atoms with Crippen LogP contribution in [0.2, 0.25) is 0 Å². The number of hydrogen-bond acceptors (Lipinski definition) is 7. The van der Waals surface area contributed by atoms with Crippen LogP contribution in [0.15, 0.2) is 60.7 Å². The van der Waals surface area contributed by atoms with E-state index in [4.69, 9.17) is 4.74 Å². The van der Waals surface area contributed by atoms with Crippen LogP contribution in [0.25, 0.3) is 0 Å². The number of nitrogens with zero attached hydrogens (tertiary/aromatic N) is 4. The van der Waals surface area contributed by atoms with Crippen molar-refractivity contribution in [3.63, 3.8) is 0 Å². The Bertz CT molecular complexity index is 1560. The molecule has 2 fully saturated rings. The predicted octanol–water partition coefficient (Wildman–Crippen LogP) is 4.79. The molecular weight excluding hydrogens is 586 g/mol. The minimum absolute atomic E-state index is 0.0873. The molecule has 2 heterocycles. The number of alkyl halides is 2. The second-order valence-corrected chi connectivity index (χ2v) is 11.6. The summed E-state index contributed by atoms with van der Waals surface area (Å²) in [5.41, 5.74) is 0.973. The summed E-state index contributed by atoms with van der Waals surface area (Å²) in [6.45, 7) is 0.845. The van der Waals surface area contributed by atoms with Gasteiger partial charge in [-0.3, -0.25) is 9.59 Å². The van der Waals surface area contributed by atoms with Gasteiger partial charge in [-0.2, -0.15) is 8.78 Å². The number of pyridine rings is 1. The highest BCUT2D eigenvalue weighted by atomic mass is 19.3. The lowest BCUT2D eigenvalue weighted by molar-refractivity contribution is -0.159. The highest BCUT2D eigenvalue weighted by molar-refractivity contribution is 6.04. The number of carboxylic acid groups (broad SMARTS) is 1. The predicted molar refractivity (Wildman–Crippen MR) is 163 cm³/mol. The number of benzene rings is 2. The van der Waals surface area contributed by atoms with E-state index in [2.05, 4.69) is 9.72 Å². The number of rotatable bonds is 11. The van der Waals surface area contributed by atoms with E-state index in [9.17, 15) is 28.3 Å². The summed E-state index contributed by atoms with van der Waals surface area (Å²) >= 11 is 0. The number of aromatic nitrogens is 1. The van der Waals surface area contributed by atoms with E-state index < -0.39 is 24.0 Å². The normalized spacial score (nSPS) is 18.1. The molecule has 0 radical (unpaired) electrons. The highest BCUT2D eigenvalue weighted by Gasteiger charge is 2.50. The van der Waals surface area contributed by atoms with Crippen LogP contribution in [0.3, 0.4) is 0 Å². The molecule has 0 spiro atoms. The fourth-order valence-electron chi connectivity index (χ4n) is 5.55. The van der Waals surface area contributed by atoms with Crippen LogP contribution in [0.5, 0.6) is 11.5 Å². The standard InChI is InChI=1S/C33H36F2N4O6/c1-21-7-11-25(12-8-21)37(3)30(41)27-6-4-5-24(36-27)18-33(31(42)43)20-38(15-16-39(33)22(2)40)26-13-14-28(45-32(34)35)29(17-26)44-19-23-9-10-23/h4-8,11-14,17,23,32H,9-10,15-16,18-20H2,1-3H3,(H,42,43). The van der Waals surface area contributed by atoms with E-state index in [1.807, 2.05) is 31.2 Å². The molecule has 238 valence electrons. The molecule has 1 unspecified atom stereocenters. The van der Waals surface area contributed by atoms with Crippen LogP contribution >= 0.6 is 0 Å². The van der Waals surface area contributed by atoms with E-state index in [-0.39, 0.29) is 42.6 Å². The zero-order valence-corrected chi connectivity index (χ0v) is 25.4. The van der Waals surface area contributed by atoms with Crippen molar-refractivity contribution in [3.8, 4) is 11.5 Å². The lowest BCUT2D eigenvalue weighted by atomic mass is 9.87. The summed E-state index contributed by atoms with van der Waals surface area (Å²) in [5.74, 6) is -1.64. The molecule has 1 aromatic heterocycles. The summed E-state index contributed by atoms with van der Waals surface area (Å²) < 4.78 is 36.7.